The van der Waals surface area contributed by atoms with Crippen molar-refractivity contribution in [2.24, 2.45) is 0 Å². The highest BCUT2D eigenvalue weighted by molar-refractivity contribution is 8.00. The minimum Gasteiger partial charge on any atom is -0.325 e. The summed E-state index contributed by atoms with van der Waals surface area (Å²) in [6.07, 6.45) is 3.09. The molecule has 2 rings (SSSR count). The molecule has 0 saturated heterocycles. The number of hydrogen-bond acceptors (Lipinski definition) is 5. The fourth-order valence-electron chi connectivity index (χ4n) is 1.45. The molecule has 1 unspecified atom stereocenters. The van der Waals surface area contributed by atoms with Gasteiger partial charge in [-0.2, -0.15) is 5.26 Å². The minimum atomic E-state index is -0.277. The molecule has 0 fully saturated rings. The molecule has 5 nitrogen and oxygen atoms in total. The molecule has 1 aromatic carbocycles. The van der Waals surface area contributed by atoms with Gasteiger partial charge < -0.3 is 5.32 Å². The average Bonchev–Trinajstić information content (AvgIpc) is 2.49. The molecule has 1 aromatic heterocycles. The summed E-state index contributed by atoms with van der Waals surface area (Å²) in [5.41, 5.74) is 1.23. The highest BCUT2D eigenvalue weighted by Crippen LogP contribution is 2.21. The largest absolute Gasteiger partial charge is 0.325 e. The van der Waals surface area contributed by atoms with Crippen LogP contribution in [0, 0.1) is 11.3 Å². The molecule has 0 radical (unpaired) electrons. The number of benzene rings is 1. The van der Waals surface area contributed by atoms with Crippen LogP contribution in [0.2, 0.25) is 0 Å². The van der Waals surface area contributed by atoms with Crippen molar-refractivity contribution in [2.45, 2.75) is 17.2 Å². The van der Waals surface area contributed by atoms with Crippen molar-refractivity contribution < 1.29 is 4.79 Å². The van der Waals surface area contributed by atoms with Crippen molar-refractivity contribution in [3.8, 4) is 6.07 Å². The maximum Gasteiger partial charge on any atom is 0.237 e. The summed E-state index contributed by atoms with van der Waals surface area (Å²) < 4.78 is 0. The van der Waals surface area contributed by atoms with Crippen LogP contribution in [0.25, 0.3) is 0 Å². The van der Waals surface area contributed by atoms with Gasteiger partial charge in [0.15, 0.2) is 0 Å². The molecule has 1 heterocycles. The van der Waals surface area contributed by atoms with E-state index in [-0.39, 0.29) is 11.2 Å². The Bertz CT molecular complexity index is 622. The SMILES string of the molecule is CC(Sc1ccncn1)C(=O)Nc1ccc(C#N)cc1. The average molecular weight is 284 g/mol. The quantitative estimate of drug-likeness (QED) is 0.689. The summed E-state index contributed by atoms with van der Waals surface area (Å²) >= 11 is 1.36. The molecule has 0 aliphatic heterocycles. The highest BCUT2D eigenvalue weighted by Gasteiger charge is 2.15. The van der Waals surface area contributed by atoms with Crippen molar-refractivity contribution in [3.05, 3.63) is 48.4 Å². The summed E-state index contributed by atoms with van der Waals surface area (Å²) in [6, 6.07) is 10.5. The summed E-state index contributed by atoms with van der Waals surface area (Å²) in [5, 5.41) is 12.0. The Labute approximate surface area is 121 Å². The van der Waals surface area contributed by atoms with E-state index < -0.39 is 0 Å². The molecule has 0 bridgehead atoms. The van der Waals surface area contributed by atoms with Gasteiger partial charge in [0.05, 0.1) is 16.9 Å². The third-order valence-electron chi connectivity index (χ3n) is 2.50. The van der Waals surface area contributed by atoms with Gasteiger partial charge in [-0.15, -0.1) is 0 Å². The number of nitriles is 1. The fraction of sp³-hybridized carbons (Fsp3) is 0.143. The van der Waals surface area contributed by atoms with Crippen LogP contribution >= 0.6 is 11.8 Å². The van der Waals surface area contributed by atoms with Crippen LogP contribution in [0.1, 0.15) is 12.5 Å². The van der Waals surface area contributed by atoms with E-state index in [1.807, 2.05) is 13.0 Å². The molecule has 1 N–H and O–H groups in total. The second kappa shape index (κ2) is 6.68. The molecule has 1 atom stereocenters. The molecular weight excluding hydrogens is 272 g/mol. The van der Waals surface area contributed by atoms with E-state index in [4.69, 9.17) is 5.26 Å². The maximum atomic E-state index is 12.0. The second-order valence-corrected chi connectivity index (χ2v) is 5.35. The van der Waals surface area contributed by atoms with Gasteiger partial charge in [-0.05, 0) is 37.3 Å². The lowest BCUT2D eigenvalue weighted by Crippen LogP contribution is -2.22. The Balaban J connectivity index is 1.95. The predicted molar refractivity (Wildman–Crippen MR) is 77.1 cm³/mol. The summed E-state index contributed by atoms with van der Waals surface area (Å²) in [4.78, 5) is 19.9. The number of thioether (sulfide) groups is 1. The van der Waals surface area contributed by atoms with Gasteiger partial charge in [0.25, 0.3) is 0 Å². The molecule has 100 valence electrons. The third-order valence-corrected chi connectivity index (χ3v) is 3.55. The second-order valence-electron chi connectivity index (χ2n) is 3.99. The monoisotopic (exact) mass is 284 g/mol. The molecule has 0 aliphatic carbocycles. The molecule has 2 aromatic rings. The van der Waals surface area contributed by atoms with Gasteiger partial charge in [0.1, 0.15) is 11.4 Å². The highest BCUT2D eigenvalue weighted by atomic mass is 32.2. The number of carbonyl (C=O) groups is 1. The molecule has 0 saturated carbocycles. The lowest BCUT2D eigenvalue weighted by molar-refractivity contribution is -0.115. The van der Waals surface area contributed by atoms with Gasteiger partial charge in [0.2, 0.25) is 5.91 Å². The van der Waals surface area contributed by atoms with Gasteiger partial charge >= 0.3 is 0 Å². The molecule has 1 amide bonds. The first kappa shape index (κ1) is 14.0. The van der Waals surface area contributed by atoms with E-state index in [1.165, 1.54) is 18.1 Å². The Morgan fingerprint density at radius 1 is 1.35 bits per heavy atom. The summed E-state index contributed by atoms with van der Waals surface area (Å²) in [6.45, 7) is 1.81. The molecule has 20 heavy (non-hydrogen) atoms. The number of carbonyl (C=O) groups excluding carboxylic acids is 1. The van der Waals surface area contributed by atoms with Crippen LogP contribution in [0.3, 0.4) is 0 Å². The molecular formula is C14H12N4OS. The third kappa shape index (κ3) is 3.80. The predicted octanol–water partition coefficient (Wildman–Crippen LogP) is 2.47. The van der Waals surface area contributed by atoms with Crippen molar-refractivity contribution >= 4 is 23.4 Å². The minimum absolute atomic E-state index is 0.113. The zero-order chi connectivity index (χ0) is 14.4. The number of amides is 1. The van der Waals surface area contributed by atoms with Gasteiger partial charge in [-0.3, -0.25) is 4.79 Å². The van der Waals surface area contributed by atoms with Crippen LogP contribution in [0.5, 0.6) is 0 Å². The van der Waals surface area contributed by atoms with Crippen molar-refractivity contribution in [2.75, 3.05) is 5.32 Å². The number of anilines is 1. The molecule has 0 aliphatic rings. The number of nitrogens with zero attached hydrogens (tertiary/aromatic N) is 3. The van der Waals surface area contributed by atoms with Crippen molar-refractivity contribution in [1.29, 1.82) is 5.26 Å². The van der Waals surface area contributed by atoms with E-state index in [1.54, 1.807) is 36.5 Å². The normalized spacial score (nSPS) is 11.4. The van der Waals surface area contributed by atoms with Crippen molar-refractivity contribution in [3.63, 3.8) is 0 Å². The van der Waals surface area contributed by atoms with Gasteiger partial charge in [0, 0.05) is 11.9 Å². The first-order chi connectivity index (χ1) is 9.69. The Morgan fingerprint density at radius 3 is 2.70 bits per heavy atom. The zero-order valence-corrected chi connectivity index (χ0v) is 11.6. The first-order valence-electron chi connectivity index (χ1n) is 5.93. The topological polar surface area (TPSA) is 78.7 Å². The number of nitrogens with one attached hydrogen (secondary N) is 1. The van der Waals surface area contributed by atoms with Crippen molar-refractivity contribution in [1.82, 2.24) is 9.97 Å². The lowest BCUT2D eigenvalue weighted by Gasteiger charge is -2.11. The van der Waals surface area contributed by atoms with Crippen LogP contribution in [-0.4, -0.2) is 21.1 Å². The lowest BCUT2D eigenvalue weighted by atomic mass is 10.2. The fourth-order valence-corrected chi connectivity index (χ4v) is 2.23. The summed E-state index contributed by atoms with van der Waals surface area (Å²) in [7, 11) is 0. The van der Waals surface area contributed by atoms with Crippen LogP contribution in [0.15, 0.2) is 47.9 Å². The number of hydrogen-bond donors (Lipinski definition) is 1. The summed E-state index contributed by atoms with van der Waals surface area (Å²) in [5.74, 6) is -0.113. The van der Waals surface area contributed by atoms with Gasteiger partial charge in [-0.25, -0.2) is 9.97 Å². The Kier molecular flexibility index (Phi) is 4.69. The smallest absolute Gasteiger partial charge is 0.237 e. The van der Waals surface area contributed by atoms with E-state index >= 15 is 0 Å². The maximum absolute atomic E-state index is 12.0. The standard InChI is InChI=1S/C14H12N4OS/c1-10(20-13-6-7-16-9-17-13)14(19)18-12-4-2-11(8-15)3-5-12/h2-7,9-10H,1H3,(H,18,19). The number of rotatable bonds is 4. The zero-order valence-electron chi connectivity index (χ0n) is 10.8. The molecule has 6 heteroatoms. The van der Waals surface area contributed by atoms with Crippen LogP contribution in [-0.2, 0) is 4.79 Å². The van der Waals surface area contributed by atoms with E-state index in [9.17, 15) is 4.79 Å². The van der Waals surface area contributed by atoms with E-state index in [0.29, 0.717) is 11.3 Å². The number of aromatic nitrogens is 2. The first-order valence-corrected chi connectivity index (χ1v) is 6.80. The van der Waals surface area contributed by atoms with Crippen LogP contribution in [0.4, 0.5) is 5.69 Å². The van der Waals surface area contributed by atoms with E-state index in [2.05, 4.69) is 15.3 Å². The Hall–Kier alpha value is -2.39. The van der Waals surface area contributed by atoms with Gasteiger partial charge in [-0.1, -0.05) is 11.8 Å². The van der Waals surface area contributed by atoms with Crippen LogP contribution < -0.4 is 5.32 Å². The Morgan fingerprint density at radius 2 is 2.10 bits per heavy atom. The van der Waals surface area contributed by atoms with E-state index in [0.717, 1.165) is 5.03 Å². The molecule has 0 spiro atoms.